The molecular formula is C71H91Cl3N10O12. The van der Waals surface area contributed by atoms with Gasteiger partial charge in [-0.1, -0.05) is 131 Å². The van der Waals surface area contributed by atoms with E-state index in [1.165, 1.54) is 23.9 Å². The van der Waals surface area contributed by atoms with Crippen molar-refractivity contribution >= 4 is 104 Å². The summed E-state index contributed by atoms with van der Waals surface area (Å²) in [6.07, 6.45) is 4.22. The Hall–Kier alpha value is -7.83. The van der Waals surface area contributed by atoms with Crippen LogP contribution in [-0.4, -0.2) is 142 Å². The molecule has 4 heterocycles. The lowest BCUT2D eigenvalue weighted by Gasteiger charge is -2.35. The van der Waals surface area contributed by atoms with Gasteiger partial charge in [-0.25, -0.2) is 10.9 Å². The van der Waals surface area contributed by atoms with Gasteiger partial charge in [0.15, 0.2) is 0 Å². The summed E-state index contributed by atoms with van der Waals surface area (Å²) in [5.41, 5.74) is 9.61. The highest BCUT2D eigenvalue weighted by molar-refractivity contribution is 6.67. The highest BCUT2D eigenvalue weighted by Crippen LogP contribution is 2.33. The lowest BCUT2D eigenvalue weighted by Crippen LogP contribution is -2.61. The number of hydrazine groups is 2. The van der Waals surface area contributed by atoms with E-state index in [1.54, 1.807) is 67.8 Å². The van der Waals surface area contributed by atoms with Crippen LogP contribution >= 0.6 is 34.8 Å². The molecule has 2 fully saturated rings. The summed E-state index contributed by atoms with van der Waals surface area (Å²) in [6, 6.07) is 25.0. The van der Waals surface area contributed by atoms with Gasteiger partial charge in [-0.2, -0.15) is 0 Å². The molecule has 4 aromatic carbocycles. The summed E-state index contributed by atoms with van der Waals surface area (Å²) in [5.74, 6) is -4.97. The fourth-order valence-electron chi connectivity index (χ4n) is 11.0. The number of pyridine rings is 2. The van der Waals surface area contributed by atoms with Crippen molar-refractivity contribution in [1.29, 1.82) is 0 Å². The molecule has 0 spiro atoms. The molecule has 6 amide bonds. The average molecular weight is 1380 g/mol. The van der Waals surface area contributed by atoms with E-state index in [4.69, 9.17) is 39.5 Å². The number of carboxylic acid groups (broad SMARTS) is 1. The maximum absolute atomic E-state index is 13.8. The standard InChI is InChI=1S/C36H44Cl3N5O6.C34H43N5O6.CH4/c1-20(2)30(31(46)41-21(3)32(47)44-14-8-11-28(43-44)33(48)50-19-36(37,38)39)42-34(49)35(5,6)27-10-7-9-24(16-27)29-17-26-15-23(22(4)45)12-13-25(26)18-40-29;1-19(2)29(30(41)36-20(3)31(42)39-14-8-11-27(38-39)32(43)44)37-33(45)34(5,6)26-10-7-9-23(16-26)28-17-25-15-22(21(4)40)12-13-24(25)18-35-28;/h7,9-10,12-13,15-18,20-22,28,30,43,45H,8,11,14,19H2,1-6H3,(H,41,46)(H,42,49);7,9-10,12-13,15-21,27,29,38,40H,8,11,14H2,1-6H3,(H,36,41)(H,37,45)(H,43,44);1H4/t21-,22+,28-,30-;20-,21+,27-,29-;/m00./s1. The largest absolute Gasteiger partial charge is 0.480 e. The lowest BCUT2D eigenvalue weighted by molar-refractivity contribution is -0.153. The minimum atomic E-state index is -1.76. The number of aromatic nitrogens is 2. The van der Waals surface area contributed by atoms with Gasteiger partial charge >= 0.3 is 11.9 Å². The topological polar surface area (TPSA) is 311 Å². The molecule has 8 rings (SSSR count). The van der Waals surface area contributed by atoms with Crippen molar-refractivity contribution in [1.82, 2.24) is 52.1 Å². The first-order valence-corrected chi connectivity index (χ1v) is 32.9. The zero-order chi connectivity index (χ0) is 70.0. The van der Waals surface area contributed by atoms with Crippen molar-refractivity contribution in [3.8, 4) is 22.5 Å². The molecule has 2 aliphatic heterocycles. The molecule has 2 aliphatic rings. The Labute approximate surface area is 576 Å². The van der Waals surface area contributed by atoms with Crippen LogP contribution in [0.4, 0.5) is 0 Å². The number of carbonyl (C=O) groups is 8. The van der Waals surface area contributed by atoms with Crippen LogP contribution in [0.2, 0.25) is 0 Å². The molecule has 22 nitrogen and oxygen atoms in total. The van der Waals surface area contributed by atoms with Gasteiger partial charge in [0.2, 0.25) is 27.4 Å². The smallest absolute Gasteiger partial charge is 0.325 e. The number of alkyl halides is 3. The molecule has 518 valence electrons. The van der Waals surface area contributed by atoms with Crippen LogP contribution in [0.15, 0.2) is 109 Å². The molecule has 0 aliphatic carbocycles. The van der Waals surface area contributed by atoms with Gasteiger partial charge < -0.3 is 41.3 Å². The molecule has 96 heavy (non-hydrogen) atoms. The molecule has 2 saturated heterocycles. The molecule has 2 aromatic heterocycles. The zero-order valence-electron chi connectivity index (χ0n) is 55.6. The molecule has 0 unspecified atom stereocenters. The first-order chi connectivity index (χ1) is 44.5. The quantitative estimate of drug-likeness (QED) is 0.0239. The number of ether oxygens (including phenoxy) is 1. The number of esters is 1. The molecule has 25 heteroatoms. The van der Waals surface area contributed by atoms with E-state index in [-0.39, 0.29) is 31.1 Å². The molecular weight excluding hydrogens is 1290 g/mol. The molecule has 0 radical (unpaired) electrons. The Morgan fingerprint density at radius 3 is 1.33 bits per heavy atom. The second-order valence-electron chi connectivity index (χ2n) is 26.2. The highest BCUT2D eigenvalue weighted by atomic mass is 35.6. The minimum absolute atomic E-state index is 0. The summed E-state index contributed by atoms with van der Waals surface area (Å²) < 4.78 is 3.29. The van der Waals surface area contributed by atoms with E-state index in [0.717, 1.165) is 60.6 Å². The van der Waals surface area contributed by atoms with E-state index in [2.05, 4.69) is 42.1 Å². The van der Waals surface area contributed by atoms with E-state index < -0.39 is 105 Å². The SMILES string of the molecule is C.CC(C)[C@H](NC(=O)C(C)(C)c1cccc(-c2cc3cc([C@@H](C)O)ccc3cn2)c1)C(=O)N[C@@H](C)C(=O)N1CCC[C@@H](C(=O)O)N1.CC(C)[C@H](NC(=O)C(C)(C)c1cccc(-c2cc3cc([C@@H](C)O)ccc3cn2)c1)C(=O)N[C@@H](C)C(=O)N1CCC[C@@H](C(=O)OCC(Cl)(Cl)Cl)N1. The molecule has 9 N–H and O–H groups in total. The fraction of sp³-hybridized carbons (Fsp3) is 0.465. The Kier molecular flexibility index (Phi) is 26.5. The lowest BCUT2D eigenvalue weighted by atomic mass is 9.82. The number of fused-ring (bicyclic) bond motifs is 2. The van der Waals surface area contributed by atoms with Gasteiger partial charge in [-0.3, -0.25) is 58.3 Å². The first-order valence-electron chi connectivity index (χ1n) is 31.8. The van der Waals surface area contributed by atoms with Crippen molar-refractivity contribution in [2.45, 2.75) is 179 Å². The number of halogens is 3. The monoisotopic (exact) mass is 1380 g/mol. The molecule has 0 saturated carbocycles. The van der Waals surface area contributed by atoms with Gasteiger partial charge in [-0.15, -0.1) is 0 Å². The number of benzene rings is 4. The maximum atomic E-state index is 13.8. The van der Waals surface area contributed by atoms with Crippen LogP contribution in [0, 0.1) is 11.8 Å². The van der Waals surface area contributed by atoms with Crippen molar-refractivity contribution in [3.05, 3.63) is 132 Å². The summed E-state index contributed by atoms with van der Waals surface area (Å²) in [7, 11) is 0. The number of hydrogen-bond acceptors (Lipinski definition) is 15. The predicted molar refractivity (Wildman–Crippen MR) is 372 cm³/mol. The Morgan fingerprint density at radius 1 is 0.562 bits per heavy atom. The maximum Gasteiger partial charge on any atom is 0.325 e. The normalized spacial score (nSPS) is 17.1. The molecule has 0 bridgehead atoms. The third-order valence-electron chi connectivity index (χ3n) is 17.1. The Bertz CT molecular complexity index is 3800. The van der Waals surface area contributed by atoms with Crippen LogP contribution in [0.1, 0.15) is 151 Å². The first kappa shape index (κ1) is 77.2. The second kappa shape index (κ2) is 32.9. The van der Waals surface area contributed by atoms with Gasteiger partial charge in [0.05, 0.1) is 34.4 Å². The number of nitrogens with one attached hydrogen (secondary N) is 6. The number of nitrogens with zero attached hydrogens (tertiary/aromatic N) is 4. The van der Waals surface area contributed by atoms with Crippen LogP contribution in [0.3, 0.4) is 0 Å². The zero-order valence-corrected chi connectivity index (χ0v) is 57.8. The van der Waals surface area contributed by atoms with Gasteiger partial charge in [0.25, 0.3) is 11.8 Å². The van der Waals surface area contributed by atoms with Gasteiger partial charge in [0, 0.05) is 47.4 Å². The van der Waals surface area contributed by atoms with E-state index >= 15 is 0 Å². The van der Waals surface area contributed by atoms with Gasteiger partial charge in [0.1, 0.15) is 42.9 Å². The number of aliphatic carboxylic acids is 1. The number of aliphatic hydroxyl groups excluding tert-OH is 2. The van der Waals surface area contributed by atoms with Gasteiger partial charge in [-0.05, 0) is 162 Å². The number of aliphatic hydroxyl groups is 2. The third kappa shape index (κ3) is 19.7. The van der Waals surface area contributed by atoms with Crippen molar-refractivity contribution < 1.29 is 58.4 Å². The van der Waals surface area contributed by atoms with Crippen molar-refractivity contribution in [2.24, 2.45) is 11.8 Å². The number of carboxylic acids is 1. The summed E-state index contributed by atoms with van der Waals surface area (Å²) in [4.78, 5) is 114. The highest BCUT2D eigenvalue weighted by Gasteiger charge is 2.39. The number of rotatable bonds is 21. The second-order valence-corrected chi connectivity index (χ2v) is 28.7. The number of amides is 6. The Morgan fingerprint density at radius 2 is 0.958 bits per heavy atom. The summed E-state index contributed by atoms with van der Waals surface area (Å²) in [6.45, 7) is 21.1. The van der Waals surface area contributed by atoms with E-state index in [0.29, 0.717) is 44.5 Å². The van der Waals surface area contributed by atoms with Crippen LogP contribution in [0.25, 0.3) is 44.1 Å². The van der Waals surface area contributed by atoms with E-state index in [1.807, 2.05) is 111 Å². The molecule has 8 atom stereocenters. The predicted octanol–water partition coefficient (Wildman–Crippen LogP) is 9.38. The van der Waals surface area contributed by atoms with Crippen molar-refractivity contribution in [2.75, 3.05) is 19.7 Å². The number of carbonyl (C=O) groups excluding carboxylic acids is 7. The fourth-order valence-corrected chi connectivity index (χ4v) is 11.1. The minimum Gasteiger partial charge on any atom is -0.480 e. The average Bonchev–Trinajstić information content (AvgIpc) is 0.821. The van der Waals surface area contributed by atoms with Crippen LogP contribution in [-0.2, 0) is 53.9 Å². The van der Waals surface area contributed by atoms with Crippen LogP contribution < -0.4 is 32.1 Å². The molecule has 6 aromatic rings. The summed E-state index contributed by atoms with van der Waals surface area (Å²) in [5, 5.41) is 46.8. The Balaban J connectivity index is 0.000000302. The van der Waals surface area contributed by atoms with E-state index in [9.17, 15) is 53.7 Å². The third-order valence-corrected chi connectivity index (χ3v) is 17.5. The summed E-state index contributed by atoms with van der Waals surface area (Å²) >= 11 is 17.0. The number of hydrogen-bond donors (Lipinski definition) is 9. The van der Waals surface area contributed by atoms with Crippen molar-refractivity contribution in [3.63, 3.8) is 0 Å². The van der Waals surface area contributed by atoms with Crippen LogP contribution in [0.5, 0.6) is 0 Å².